The molecule has 0 aromatic rings. The summed E-state index contributed by atoms with van der Waals surface area (Å²) < 4.78 is 5.26. The number of hydrogen-bond donors (Lipinski definition) is 2. The third-order valence-corrected chi connectivity index (χ3v) is 2.45. The lowest BCUT2D eigenvalue weighted by Gasteiger charge is -2.18. The predicted octanol–water partition coefficient (Wildman–Crippen LogP) is 0.605. The normalized spacial score (nSPS) is 31.5. The van der Waals surface area contributed by atoms with Gasteiger partial charge in [0.15, 0.2) is 0 Å². The van der Waals surface area contributed by atoms with Gasteiger partial charge in [-0.25, -0.2) is 0 Å². The Balaban J connectivity index is 2.50. The first-order valence-corrected chi connectivity index (χ1v) is 4.78. The van der Waals surface area contributed by atoms with Gasteiger partial charge in [0.25, 0.3) is 0 Å². The first-order valence-electron chi connectivity index (χ1n) is 4.78. The zero-order valence-electron chi connectivity index (χ0n) is 7.74. The van der Waals surface area contributed by atoms with Gasteiger partial charge >= 0.3 is 5.97 Å². The van der Waals surface area contributed by atoms with Crippen LogP contribution in [-0.4, -0.2) is 30.3 Å². The van der Waals surface area contributed by atoms with Crippen LogP contribution < -0.4 is 5.73 Å². The van der Waals surface area contributed by atoms with Gasteiger partial charge in [0.2, 0.25) is 0 Å². The minimum absolute atomic E-state index is 0.351. The van der Waals surface area contributed by atoms with E-state index in [1.54, 1.807) is 0 Å². The lowest BCUT2D eigenvalue weighted by atomic mass is 9.95. The zero-order valence-corrected chi connectivity index (χ0v) is 7.74. The van der Waals surface area contributed by atoms with Gasteiger partial charge < -0.3 is 15.6 Å². The van der Waals surface area contributed by atoms with Gasteiger partial charge in [-0.2, -0.15) is 0 Å². The molecule has 3 N–H and O–H groups in total. The highest BCUT2D eigenvalue weighted by Crippen LogP contribution is 2.15. The van der Waals surface area contributed by atoms with Crippen LogP contribution in [0.4, 0.5) is 0 Å². The molecule has 1 saturated heterocycles. The van der Waals surface area contributed by atoms with Crippen LogP contribution in [0.15, 0.2) is 0 Å². The molecule has 1 aliphatic heterocycles. The standard InChI is InChI=1S/C9H17NO3/c10-8-6-13-5-3-1-2-4-7(8)9(11)12/h7-8H,1-6,10H2,(H,11,12). The van der Waals surface area contributed by atoms with E-state index in [0.717, 1.165) is 19.3 Å². The Morgan fingerprint density at radius 3 is 2.85 bits per heavy atom. The second kappa shape index (κ2) is 5.19. The molecule has 0 aromatic carbocycles. The van der Waals surface area contributed by atoms with Crippen LogP contribution in [-0.2, 0) is 9.53 Å². The summed E-state index contributed by atoms with van der Waals surface area (Å²) in [5.74, 6) is -1.23. The Hall–Kier alpha value is -0.610. The first-order chi connectivity index (χ1) is 6.22. The molecule has 0 radical (unpaired) electrons. The van der Waals surface area contributed by atoms with Crippen molar-refractivity contribution in [2.75, 3.05) is 13.2 Å². The Bertz CT molecular complexity index is 172. The summed E-state index contributed by atoms with van der Waals surface area (Å²) in [6.45, 7) is 1.08. The third-order valence-electron chi connectivity index (χ3n) is 2.45. The van der Waals surface area contributed by atoms with E-state index < -0.39 is 11.9 Å². The average molecular weight is 187 g/mol. The topological polar surface area (TPSA) is 72.5 Å². The highest BCUT2D eigenvalue weighted by Gasteiger charge is 2.25. The van der Waals surface area contributed by atoms with Crippen LogP contribution in [0, 0.1) is 5.92 Å². The number of aliphatic carboxylic acids is 1. The van der Waals surface area contributed by atoms with Crippen LogP contribution in [0.5, 0.6) is 0 Å². The van der Waals surface area contributed by atoms with Gasteiger partial charge in [-0.05, 0) is 12.8 Å². The molecule has 1 fully saturated rings. The summed E-state index contributed by atoms with van der Waals surface area (Å²) in [6.07, 6.45) is 3.67. The minimum atomic E-state index is -0.794. The molecule has 13 heavy (non-hydrogen) atoms. The Morgan fingerprint density at radius 1 is 1.38 bits per heavy atom. The van der Waals surface area contributed by atoms with Crippen molar-refractivity contribution >= 4 is 5.97 Å². The number of carboxylic acid groups (broad SMARTS) is 1. The van der Waals surface area contributed by atoms with Crippen molar-refractivity contribution in [3.63, 3.8) is 0 Å². The van der Waals surface area contributed by atoms with Gasteiger partial charge in [0, 0.05) is 12.6 Å². The summed E-state index contributed by atoms with van der Waals surface area (Å²) in [6, 6.07) is -0.351. The van der Waals surface area contributed by atoms with Crippen molar-refractivity contribution in [2.45, 2.75) is 31.7 Å². The SMILES string of the molecule is NC1COCCCCCC1C(=O)O. The van der Waals surface area contributed by atoms with Gasteiger partial charge in [0.1, 0.15) is 0 Å². The first kappa shape index (κ1) is 10.5. The summed E-state index contributed by atoms with van der Waals surface area (Å²) >= 11 is 0. The van der Waals surface area contributed by atoms with Gasteiger partial charge in [-0.3, -0.25) is 4.79 Å². The van der Waals surface area contributed by atoms with Crippen molar-refractivity contribution < 1.29 is 14.6 Å². The number of carboxylic acids is 1. The molecule has 1 rings (SSSR count). The van der Waals surface area contributed by atoms with Crippen molar-refractivity contribution in [3.8, 4) is 0 Å². The molecule has 0 amide bonds. The number of rotatable bonds is 1. The zero-order chi connectivity index (χ0) is 9.68. The molecule has 1 aliphatic rings. The number of nitrogens with two attached hydrogens (primary N) is 1. The van der Waals surface area contributed by atoms with E-state index in [2.05, 4.69) is 0 Å². The van der Waals surface area contributed by atoms with Crippen molar-refractivity contribution in [3.05, 3.63) is 0 Å². The molecule has 2 atom stereocenters. The van der Waals surface area contributed by atoms with Crippen molar-refractivity contribution in [2.24, 2.45) is 11.7 Å². The average Bonchev–Trinajstić information content (AvgIpc) is 2.16. The molecule has 0 bridgehead atoms. The number of hydrogen-bond acceptors (Lipinski definition) is 3. The van der Waals surface area contributed by atoms with Gasteiger partial charge in [-0.1, -0.05) is 12.8 Å². The summed E-state index contributed by atoms with van der Waals surface area (Å²) in [5.41, 5.74) is 5.71. The largest absolute Gasteiger partial charge is 0.481 e. The molecule has 1 heterocycles. The Morgan fingerprint density at radius 2 is 2.15 bits per heavy atom. The molecule has 4 heteroatoms. The molecular weight excluding hydrogens is 170 g/mol. The van der Waals surface area contributed by atoms with Gasteiger partial charge in [0.05, 0.1) is 12.5 Å². The summed E-state index contributed by atoms with van der Waals surface area (Å²) in [7, 11) is 0. The van der Waals surface area contributed by atoms with Gasteiger partial charge in [-0.15, -0.1) is 0 Å². The van der Waals surface area contributed by atoms with E-state index in [9.17, 15) is 4.79 Å². The highest BCUT2D eigenvalue weighted by molar-refractivity contribution is 5.70. The van der Waals surface area contributed by atoms with E-state index in [1.807, 2.05) is 0 Å². The lowest BCUT2D eigenvalue weighted by molar-refractivity contribution is -0.143. The molecule has 0 aromatic heterocycles. The predicted molar refractivity (Wildman–Crippen MR) is 48.4 cm³/mol. The lowest BCUT2D eigenvalue weighted by Crippen LogP contribution is -2.39. The maximum absolute atomic E-state index is 10.8. The van der Waals surface area contributed by atoms with Crippen molar-refractivity contribution in [1.82, 2.24) is 0 Å². The Labute approximate surface area is 78.1 Å². The fraction of sp³-hybridized carbons (Fsp3) is 0.889. The second-order valence-electron chi connectivity index (χ2n) is 3.53. The maximum atomic E-state index is 10.8. The van der Waals surface area contributed by atoms with Crippen LogP contribution in [0.2, 0.25) is 0 Å². The molecule has 2 unspecified atom stereocenters. The van der Waals surface area contributed by atoms with E-state index in [1.165, 1.54) is 0 Å². The fourth-order valence-corrected chi connectivity index (χ4v) is 1.60. The molecule has 0 aliphatic carbocycles. The molecule has 4 nitrogen and oxygen atoms in total. The van der Waals surface area contributed by atoms with Crippen molar-refractivity contribution in [1.29, 1.82) is 0 Å². The van der Waals surface area contributed by atoms with Crippen LogP contribution in [0.1, 0.15) is 25.7 Å². The summed E-state index contributed by atoms with van der Waals surface area (Å²) in [5, 5.41) is 8.88. The number of ether oxygens (including phenoxy) is 1. The van der Waals surface area contributed by atoms with E-state index in [0.29, 0.717) is 19.6 Å². The minimum Gasteiger partial charge on any atom is -0.481 e. The van der Waals surface area contributed by atoms with Crippen LogP contribution >= 0.6 is 0 Å². The number of carbonyl (C=O) groups is 1. The molecule has 76 valence electrons. The highest BCUT2D eigenvalue weighted by atomic mass is 16.5. The van der Waals surface area contributed by atoms with E-state index in [4.69, 9.17) is 15.6 Å². The smallest absolute Gasteiger partial charge is 0.308 e. The molecular formula is C9H17NO3. The van der Waals surface area contributed by atoms with E-state index >= 15 is 0 Å². The maximum Gasteiger partial charge on any atom is 0.308 e. The molecule has 0 saturated carbocycles. The second-order valence-corrected chi connectivity index (χ2v) is 3.53. The van der Waals surface area contributed by atoms with Crippen LogP contribution in [0.3, 0.4) is 0 Å². The fourth-order valence-electron chi connectivity index (χ4n) is 1.60. The summed E-state index contributed by atoms with van der Waals surface area (Å²) in [4.78, 5) is 10.8. The molecule has 0 spiro atoms. The third kappa shape index (κ3) is 3.32. The van der Waals surface area contributed by atoms with E-state index in [-0.39, 0.29) is 6.04 Å². The quantitative estimate of drug-likeness (QED) is 0.630. The Kier molecular flexibility index (Phi) is 4.18. The van der Waals surface area contributed by atoms with Crippen LogP contribution in [0.25, 0.3) is 0 Å². The monoisotopic (exact) mass is 187 g/mol.